The van der Waals surface area contributed by atoms with Gasteiger partial charge in [0.25, 0.3) is 11.8 Å². The quantitative estimate of drug-likeness (QED) is 0.448. The molecule has 2 N–H and O–H groups in total. The zero-order valence-electron chi connectivity index (χ0n) is 20.6. The van der Waals surface area contributed by atoms with Crippen molar-refractivity contribution in [3.63, 3.8) is 0 Å². The molecule has 1 fully saturated rings. The summed E-state index contributed by atoms with van der Waals surface area (Å²) in [6.45, 7) is 8.26. The van der Waals surface area contributed by atoms with E-state index in [0.717, 1.165) is 30.1 Å². The standard InChI is InChI=1S/C29H33N3O3/c1-20-14-16-32(17-15-20)24-12-10-23(11-13-24)22(3)30-29(34)27(19-25-8-6-18-35-25)31-28(33)26-9-5-4-7-21(26)2/h4-13,18-20,22H,14-17H2,1-3H3,(H,30,34)(H,31,33)/b27-19-/t22-/m0/s1. The molecule has 2 aromatic carbocycles. The number of carbonyl (C=O) groups is 2. The van der Waals surface area contributed by atoms with Gasteiger partial charge in [-0.3, -0.25) is 9.59 Å². The Labute approximate surface area is 207 Å². The summed E-state index contributed by atoms with van der Waals surface area (Å²) in [4.78, 5) is 28.5. The Bertz CT molecular complexity index is 1170. The van der Waals surface area contributed by atoms with Gasteiger partial charge in [-0.2, -0.15) is 0 Å². The van der Waals surface area contributed by atoms with Crippen molar-refractivity contribution in [3.05, 3.63) is 95.1 Å². The molecular weight excluding hydrogens is 438 g/mol. The Hall–Kier alpha value is -3.80. The smallest absolute Gasteiger partial charge is 0.268 e. The topological polar surface area (TPSA) is 74.6 Å². The minimum Gasteiger partial charge on any atom is -0.465 e. The lowest BCUT2D eigenvalue weighted by Crippen LogP contribution is -2.36. The van der Waals surface area contributed by atoms with E-state index in [1.807, 2.05) is 26.0 Å². The van der Waals surface area contributed by atoms with Crippen molar-refractivity contribution in [1.29, 1.82) is 0 Å². The average molecular weight is 472 g/mol. The number of carbonyl (C=O) groups excluding carboxylic acids is 2. The lowest BCUT2D eigenvalue weighted by atomic mass is 9.98. The first-order valence-corrected chi connectivity index (χ1v) is 12.2. The number of furan rings is 1. The summed E-state index contributed by atoms with van der Waals surface area (Å²) in [5.74, 6) is 0.539. The first kappa shape index (κ1) is 24.3. The van der Waals surface area contributed by atoms with Gasteiger partial charge in [0.15, 0.2) is 0 Å². The van der Waals surface area contributed by atoms with Crippen molar-refractivity contribution in [2.24, 2.45) is 5.92 Å². The number of amides is 2. The summed E-state index contributed by atoms with van der Waals surface area (Å²) in [5, 5.41) is 5.78. The Morgan fingerprint density at radius 3 is 2.40 bits per heavy atom. The van der Waals surface area contributed by atoms with Crippen LogP contribution in [0.1, 0.15) is 60.0 Å². The average Bonchev–Trinajstić information content (AvgIpc) is 3.37. The Morgan fingerprint density at radius 1 is 1.03 bits per heavy atom. The van der Waals surface area contributed by atoms with Gasteiger partial charge in [0.05, 0.1) is 12.3 Å². The summed E-state index contributed by atoms with van der Waals surface area (Å²) < 4.78 is 5.38. The Kier molecular flexibility index (Phi) is 7.70. The van der Waals surface area contributed by atoms with E-state index in [9.17, 15) is 9.59 Å². The van der Waals surface area contributed by atoms with Crippen LogP contribution in [0.25, 0.3) is 6.08 Å². The number of nitrogens with one attached hydrogen (secondary N) is 2. The molecule has 0 unspecified atom stereocenters. The van der Waals surface area contributed by atoms with Crippen LogP contribution in [0, 0.1) is 12.8 Å². The molecule has 0 bridgehead atoms. The van der Waals surface area contributed by atoms with Crippen molar-refractivity contribution in [2.75, 3.05) is 18.0 Å². The molecule has 0 spiro atoms. The van der Waals surface area contributed by atoms with Crippen LogP contribution in [0.2, 0.25) is 0 Å². The second-order valence-corrected chi connectivity index (χ2v) is 9.30. The predicted octanol–water partition coefficient (Wildman–Crippen LogP) is 5.47. The molecule has 182 valence electrons. The fourth-order valence-electron chi connectivity index (χ4n) is 4.29. The fraction of sp³-hybridized carbons (Fsp3) is 0.310. The van der Waals surface area contributed by atoms with E-state index < -0.39 is 0 Å². The number of aryl methyl sites for hydroxylation is 1. The molecule has 2 amide bonds. The second-order valence-electron chi connectivity index (χ2n) is 9.30. The van der Waals surface area contributed by atoms with Gasteiger partial charge < -0.3 is 20.0 Å². The maximum absolute atomic E-state index is 13.2. The number of hydrogen-bond donors (Lipinski definition) is 2. The summed E-state index contributed by atoms with van der Waals surface area (Å²) in [6.07, 6.45) is 5.50. The molecule has 0 radical (unpaired) electrons. The van der Waals surface area contributed by atoms with Gasteiger partial charge in [-0.1, -0.05) is 37.3 Å². The maximum atomic E-state index is 13.2. The number of anilines is 1. The second kappa shape index (κ2) is 11.1. The largest absolute Gasteiger partial charge is 0.465 e. The molecule has 6 heteroatoms. The van der Waals surface area contributed by atoms with Crippen LogP contribution in [-0.2, 0) is 4.79 Å². The van der Waals surface area contributed by atoms with Crippen LogP contribution in [0.5, 0.6) is 0 Å². The van der Waals surface area contributed by atoms with Gasteiger partial charge in [0.2, 0.25) is 0 Å². The summed E-state index contributed by atoms with van der Waals surface area (Å²) in [7, 11) is 0. The van der Waals surface area contributed by atoms with E-state index >= 15 is 0 Å². The van der Waals surface area contributed by atoms with Crippen LogP contribution in [0.3, 0.4) is 0 Å². The molecule has 1 atom stereocenters. The van der Waals surface area contributed by atoms with Gasteiger partial charge in [0, 0.05) is 30.4 Å². The minimum absolute atomic E-state index is 0.124. The van der Waals surface area contributed by atoms with Crippen molar-refractivity contribution < 1.29 is 14.0 Å². The highest BCUT2D eigenvalue weighted by Gasteiger charge is 2.20. The lowest BCUT2D eigenvalue weighted by molar-refractivity contribution is -0.118. The maximum Gasteiger partial charge on any atom is 0.268 e. The van der Waals surface area contributed by atoms with Crippen molar-refractivity contribution in [1.82, 2.24) is 10.6 Å². The molecule has 1 aliphatic rings. The Morgan fingerprint density at radius 2 is 1.74 bits per heavy atom. The molecule has 35 heavy (non-hydrogen) atoms. The summed E-state index contributed by atoms with van der Waals surface area (Å²) in [6, 6.07) is 18.8. The van der Waals surface area contributed by atoms with E-state index in [2.05, 4.69) is 46.7 Å². The van der Waals surface area contributed by atoms with Crippen LogP contribution in [0.15, 0.2) is 77.0 Å². The summed E-state index contributed by atoms with van der Waals surface area (Å²) >= 11 is 0. The molecular formula is C29H33N3O3. The van der Waals surface area contributed by atoms with Gasteiger partial charge >= 0.3 is 0 Å². The SMILES string of the molecule is Cc1ccccc1C(=O)N/C(=C\c1ccco1)C(=O)N[C@@H](C)c1ccc(N2CCC(C)CC2)cc1. The van der Waals surface area contributed by atoms with Crippen molar-refractivity contribution in [3.8, 4) is 0 Å². The third-order valence-corrected chi connectivity index (χ3v) is 6.60. The van der Waals surface area contributed by atoms with Gasteiger partial charge in [-0.15, -0.1) is 0 Å². The minimum atomic E-state index is -0.384. The van der Waals surface area contributed by atoms with Crippen molar-refractivity contribution >= 4 is 23.6 Å². The molecule has 1 saturated heterocycles. The normalized spacial score (nSPS) is 15.5. The van der Waals surface area contributed by atoms with Gasteiger partial charge in [-0.25, -0.2) is 0 Å². The van der Waals surface area contributed by atoms with Crippen LogP contribution in [0.4, 0.5) is 5.69 Å². The molecule has 0 saturated carbocycles. The molecule has 1 aliphatic heterocycles. The molecule has 6 nitrogen and oxygen atoms in total. The highest BCUT2D eigenvalue weighted by atomic mass is 16.3. The number of nitrogens with zero attached hydrogens (tertiary/aromatic N) is 1. The van der Waals surface area contributed by atoms with Gasteiger partial charge in [0.1, 0.15) is 11.5 Å². The molecule has 1 aromatic heterocycles. The van der Waals surface area contributed by atoms with E-state index in [1.165, 1.54) is 24.8 Å². The van der Waals surface area contributed by atoms with Gasteiger partial charge in [-0.05, 0) is 74.1 Å². The highest BCUT2D eigenvalue weighted by molar-refractivity contribution is 6.05. The zero-order chi connectivity index (χ0) is 24.8. The molecule has 3 aromatic rings. The molecule has 0 aliphatic carbocycles. The first-order valence-electron chi connectivity index (χ1n) is 12.2. The highest BCUT2D eigenvalue weighted by Crippen LogP contribution is 2.25. The van der Waals surface area contributed by atoms with E-state index in [-0.39, 0.29) is 23.6 Å². The number of benzene rings is 2. The zero-order valence-corrected chi connectivity index (χ0v) is 20.6. The number of rotatable bonds is 7. The monoisotopic (exact) mass is 471 g/mol. The molecule has 4 rings (SSSR count). The summed E-state index contributed by atoms with van der Waals surface area (Å²) in [5.41, 5.74) is 3.68. The van der Waals surface area contributed by atoms with Crippen molar-refractivity contribution in [2.45, 2.75) is 39.7 Å². The molecule has 2 heterocycles. The third-order valence-electron chi connectivity index (χ3n) is 6.60. The third kappa shape index (κ3) is 6.21. The predicted molar refractivity (Wildman–Crippen MR) is 139 cm³/mol. The van der Waals surface area contributed by atoms with E-state index in [4.69, 9.17) is 4.42 Å². The number of piperidine rings is 1. The number of hydrogen-bond acceptors (Lipinski definition) is 4. The van der Waals surface area contributed by atoms with Crippen LogP contribution < -0.4 is 15.5 Å². The van der Waals surface area contributed by atoms with E-state index in [0.29, 0.717) is 11.3 Å². The Balaban J connectivity index is 1.46. The van der Waals surface area contributed by atoms with Crippen LogP contribution in [-0.4, -0.2) is 24.9 Å². The van der Waals surface area contributed by atoms with Crippen LogP contribution >= 0.6 is 0 Å². The first-order chi connectivity index (χ1) is 16.9. The van der Waals surface area contributed by atoms with E-state index in [1.54, 1.807) is 30.3 Å². The lowest BCUT2D eigenvalue weighted by Gasteiger charge is -2.32. The fourth-order valence-corrected chi connectivity index (χ4v) is 4.29.